The third kappa shape index (κ3) is 3.72. The number of thiazole rings is 1. The van der Waals surface area contributed by atoms with Gasteiger partial charge in [0.2, 0.25) is 0 Å². The van der Waals surface area contributed by atoms with Crippen molar-refractivity contribution >= 4 is 17.2 Å². The molecule has 7 nitrogen and oxygen atoms in total. The summed E-state index contributed by atoms with van der Waals surface area (Å²) in [7, 11) is 1.64. The summed E-state index contributed by atoms with van der Waals surface area (Å²) in [6.45, 7) is 4.32. The summed E-state index contributed by atoms with van der Waals surface area (Å²) < 4.78 is 7.04. The van der Waals surface area contributed by atoms with Crippen LogP contribution in [0.2, 0.25) is 0 Å². The zero-order valence-corrected chi connectivity index (χ0v) is 16.1. The predicted molar refractivity (Wildman–Crippen MR) is 105 cm³/mol. The summed E-state index contributed by atoms with van der Waals surface area (Å²) >= 11 is 1.46. The molecule has 0 saturated carbocycles. The van der Waals surface area contributed by atoms with Crippen molar-refractivity contribution in [3.63, 3.8) is 0 Å². The van der Waals surface area contributed by atoms with E-state index in [0.717, 1.165) is 28.6 Å². The van der Waals surface area contributed by atoms with E-state index in [0.29, 0.717) is 24.8 Å². The lowest BCUT2D eigenvalue weighted by Gasteiger charge is -2.31. The molecular weight excluding hydrogens is 362 g/mol. The van der Waals surface area contributed by atoms with E-state index in [1.54, 1.807) is 18.0 Å². The van der Waals surface area contributed by atoms with Crippen LogP contribution in [0.1, 0.15) is 17.4 Å². The highest BCUT2D eigenvalue weighted by Gasteiger charge is 2.23. The zero-order valence-electron chi connectivity index (χ0n) is 15.3. The third-order valence-electron chi connectivity index (χ3n) is 4.53. The van der Waals surface area contributed by atoms with Gasteiger partial charge in [-0.25, -0.2) is 9.67 Å². The predicted octanol–water partition coefficient (Wildman–Crippen LogP) is 2.44. The minimum atomic E-state index is -0.00830. The molecule has 1 saturated heterocycles. The highest BCUT2D eigenvalue weighted by molar-refractivity contribution is 7.13. The molecule has 140 valence electrons. The lowest BCUT2D eigenvalue weighted by molar-refractivity contribution is 0.0704. The van der Waals surface area contributed by atoms with Crippen molar-refractivity contribution in [2.75, 3.05) is 26.7 Å². The van der Waals surface area contributed by atoms with E-state index >= 15 is 0 Å². The van der Waals surface area contributed by atoms with Gasteiger partial charge in [-0.15, -0.1) is 11.3 Å². The van der Waals surface area contributed by atoms with E-state index in [2.05, 4.69) is 22.3 Å². The first-order valence-electron chi connectivity index (χ1n) is 8.81. The molecule has 0 radical (unpaired) electrons. The van der Waals surface area contributed by atoms with Crippen LogP contribution in [0, 0.1) is 0 Å². The van der Waals surface area contributed by atoms with Crippen LogP contribution in [0.4, 0.5) is 0 Å². The number of methoxy groups -OCH3 is 1. The molecule has 2 aromatic heterocycles. The van der Waals surface area contributed by atoms with Crippen molar-refractivity contribution in [3.05, 3.63) is 47.7 Å². The number of ether oxygens (including phenoxy) is 1. The molecule has 1 atom stereocenters. The number of hydrogen-bond donors (Lipinski definition) is 1. The van der Waals surface area contributed by atoms with Gasteiger partial charge < -0.3 is 15.0 Å². The summed E-state index contributed by atoms with van der Waals surface area (Å²) in [5, 5.41) is 10.4. The van der Waals surface area contributed by atoms with E-state index in [1.165, 1.54) is 11.3 Å². The van der Waals surface area contributed by atoms with Gasteiger partial charge in [-0.1, -0.05) is 6.07 Å². The molecule has 1 aliphatic heterocycles. The fourth-order valence-corrected chi connectivity index (χ4v) is 3.88. The van der Waals surface area contributed by atoms with Gasteiger partial charge >= 0.3 is 0 Å². The Bertz CT molecular complexity index is 951. The summed E-state index contributed by atoms with van der Waals surface area (Å²) in [4.78, 5) is 19.1. The molecular formula is C19H21N5O2S. The maximum Gasteiger partial charge on any atom is 0.273 e. The van der Waals surface area contributed by atoms with E-state index in [9.17, 15) is 4.79 Å². The quantitative estimate of drug-likeness (QED) is 0.749. The number of nitrogens with one attached hydrogen (secondary N) is 1. The van der Waals surface area contributed by atoms with Crippen molar-refractivity contribution < 1.29 is 9.53 Å². The highest BCUT2D eigenvalue weighted by Crippen LogP contribution is 2.25. The number of carbonyl (C=O) groups excluding carboxylic acids is 1. The van der Waals surface area contributed by atoms with Crippen LogP contribution in [0.15, 0.2) is 42.0 Å². The minimum Gasteiger partial charge on any atom is -0.497 e. The molecule has 0 unspecified atom stereocenters. The molecule has 1 N–H and O–H groups in total. The van der Waals surface area contributed by atoms with E-state index in [4.69, 9.17) is 4.74 Å². The van der Waals surface area contributed by atoms with Gasteiger partial charge in [-0.3, -0.25) is 4.79 Å². The molecule has 8 heteroatoms. The topological polar surface area (TPSA) is 72.3 Å². The fraction of sp³-hybridized carbons (Fsp3) is 0.316. The molecule has 27 heavy (non-hydrogen) atoms. The second-order valence-electron chi connectivity index (χ2n) is 6.52. The first-order chi connectivity index (χ1) is 13.1. The van der Waals surface area contributed by atoms with Crippen LogP contribution < -0.4 is 10.1 Å². The van der Waals surface area contributed by atoms with Crippen molar-refractivity contribution in [2.24, 2.45) is 0 Å². The molecule has 1 fully saturated rings. The standard InChI is InChI=1S/C19H21N5O2S/c1-13-10-23(7-6-20-13)19(25)17-12-27-18(22-17)14-9-21-24(11-14)15-4-3-5-16(8-15)26-2/h3-5,8-9,11-13,20H,6-7,10H2,1-2H3/t13-/m0/s1. The average Bonchev–Trinajstić information content (AvgIpc) is 3.37. The number of piperazine rings is 1. The second-order valence-corrected chi connectivity index (χ2v) is 7.38. The summed E-state index contributed by atoms with van der Waals surface area (Å²) in [6, 6.07) is 8.00. The Hall–Kier alpha value is -2.71. The van der Waals surface area contributed by atoms with Crippen molar-refractivity contribution in [1.82, 2.24) is 25.0 Å². The number of benzene rings is 1. The fourth-order valence-electron chi connectivity index (χ4n) is 3.11. The number of amides is 1. The Kier molecular flexibility index (Phi) is 4.91. The Morgan fingerprint density at radius 3 is 3.11 bits per heavy atom. The third-order valence-corrected chi connectivity index (χ3v) is 5.42. The summed E-state index contributed by atoms with van der Waals surface area (Å²) in [5.41, 5.74) is 2.29. The van der Waals surface area contributed by atoms with E-state index in [-0.39, 0.29) is 5.91 Å². The lowest BCUT2D eigenvalue weighted by Crippen LogP contribution is -2.51. The van der Waals surface area contributed by atoms with Crippen LogP contribution in [0.3, 0.4) is 0 Å². The summed E-state index contributed by atoms with van der Waals surface area (Å²) in [6.07, 6.45) is 3.67. The lowest BCUT2D eigenvalue weighted by atomic mass is 10.2. The molecule has 3 heterocycles. The first kappa shape index (κ1) is 17.7. The molecule has 0 bridgehead atoms. The van der Waals surface area contributed by atoms with E-state index in [1.807, 2.05) is 40.7 Å². The minimum absolute atomic E-state index is 0.00830. The zero-order chi connectivity index (χ0) is 18.8. The number of rotatable bonds is 4. The number of hydrogen-bond acceptors (Lipinski definition) is 6. The smallest absolute Gasteiger partial charge is 0.273 e. The average molecular weight is 383 g/mol. The molecule has 1 aromatic carbocycles. The monoisotopic (exact) mass is 383 g/mol. The first-order valence-corrected chi connectivity index (χ1v) is 9.69. The Balaban J connectivity index is 1.53. The molecule has 4 rings (SSSR count). The van der Waals surface area contributed by atoms with Gasteiger partial charge in [-0.05, 0) is 19.1 Å². The number of aromatic nitrogens is 3. The van der Waals surface area contributed by atoms with Gasteiger partial charge in [0.05, 0.1) is 19.0 Å². The van der Waals surface area contributed by atoms with Crippen molar-refractivity contribution in [3.8, 4) is 22.0 Å². The Morgan fingerprint density at radius 2 is 2.30 bits per heavy atom. The van der Waals surface area contributed by atoms with Crippen LogP contribution in [0.25, 0.3) is 16.3 Å². The maximum absolute atomic E-state index is 12.7. The Morgan fingerprint density at radius 1 is 1.41 bits per heavy atom. The number of carbonyl (C=O) groups is 1. The Labute approximate surface area is 161 Å². The second kappa shape index (κ2) is 7.50. The van der Waals surface area contributed by atoms with Gasteiger partial charge in [0.15, 0.2) is 0 Å². The van der Waals surface area contributed by atoms with Gasteiger partial charge in [0.25, 0.3) is 5.91 Å². The molecule has 0 aliphatic carbocycles. The van der Waals surface area contributed by atoms with E-state index < -0.39 is 0 Å². The van der Waals surface area contributed by atoms with Gasteiger partial charge in [-0.2, -0.15) is 5.10 Å². The largest absolute Gasteiger partial charge is 0.497 e. The van der Waals surface area contributed by atoms with Gasteiger partial charge in [0, 0.05) is 48.9 Å². The van der Waals surface area contributed by atoms with Gasteiger partial charge in [0.1, 0.15) is 16.5 Å². The molecule has 3 aromatic rings. The molecule has 0 spiro atoms. The summed E-state index contributed by atoms with van der Waals surface area (Å²) in [5.74, 6) is 0.767. The van der Waals surface area contributed by atoms with Crippen LogP contribution in [-0.2, 0) is 0 Å². The van der Waals surface area contributed by atoms with Crippen LogP contribution in [-0.4, -0.2) is 58.4 Å². The van der Waals surface area contributed by atoms with Crippen molar-refractivity contribution in [1.29, 1.82) is 0 Å². The van der Waals surface area contributed by atoms with Crippen LogP contribution >= 0.6 is 11.3 Å². The molecule has 1 amide bonds. The van der Waals surface area contributed by atoms with Crippen molar-refractivity contribution in [2.45, 2.75) is 13.0 Å². The molecule has 1 aliphatic rings. The van der Waals surface area contributed by atoms with Crippen LogP contribution in [0.5, 0.6) is 5.75 Å². The normalized spacial score (nSPS) is 17.1. The SMILES string of the molecule is COc1cccc(-n2cc(-c3nc(C(=O)N4CCN[C@@H](C)C4)cs3)cn2)c1. The highest BCUT2D eigenvalue weighted by atomic mass is 32.1. The maximum atomic E-state index is 12.7. The number of nitrogens with zero attached hydrogens (tertiary/aromatic N) is 4.